The molecule has 3 rings (SSSR count). The maximum absolute atomic E-state index is 12.2. The number of hydrogen-bond acceptors (Lipinski definition) is 3. The smallest absolute Gasteiger partial charge is 0.260 e. The van der Waals surface area contributed by atoms with Gasteiger partial charge in [-0.2, -0.15) is 0 Å². The van der Waals surface area contributed by atoms with E-state index in [2.05, 4.69) is 5.32 Å². The lowest BCUT2D eigenvalue weighted by Crippen LogP contribution is -2.38. The number of nitrogens with one attached hydrogen (secondary N) is 1. The van der Waals surface area contributed by atoms with Gasteiger partial charge in [-0.15, -0.1) is 0 Å². The molecule has 0 fully saturated rings. The van der Waals surface area contributed by atoms with E-state index in [1.54, 1.807) is 31.2 Å². The summed E-state index contributed by atoms with van der Waals surface area (Å²) in [6.45, 7) is 2.49. The van der Waals surface area contributed by atoms with Crippen molar-refractivity contribution in [1.29, 1.82) is 0 Å². The third-order valence-electron chi connectivity index (χ3n) is 3.89. The number of carbonyl (C=O) groups is 1. The lowest BCUT2D eigenvalue weighted by molar-refractivity contribution is -0.127. The highest BCUT2D eigenvalue weighted by Gasteiger charge is 2.14. The van der Waals surface area contributed by atoms with Crippen molar-refractivity contribution in [1.82, 2.24) is 5.32 Å². The molecule has 0 radical (unpaired) electrons. The fourth-order valence-electron chi connectivity index (χ4n) is 2.52. The third kappa shape index (κ3) is 4.90. The highest BCUT2D eigenvalue weighted by Crippen LogP contribution is 2.21. The molecule has 1 amide bonds. The summed E-state index contributed by atoms with van der Waals surface area (Å²) in [5, 5.41) is 5.68. The van der Waals surface area contributed by atoms with Crippen LogP contribution in [0.2, 0.25) is 5.02 Å². The van der Waals surface area contributed by atoms with Crippen LogP contribution in [-0.4, -0.2) is 25.2 Å². The minimum atomic E-state index is -0.591. The van der Waals surface area contributed by atoms with Crippen LogP contribution in [0.3, 0.4) is 0 Å². The standard InChI is InChI=1S/C21H20ClNO3/c1-15(26-20-9-6-16-4-2-3-5-17(16)14-20)21(24)23-12-13-25-19-10-7-18(22)8-11-19/h2-11,14-15H,12-13H2,1H3,(H,23,24)/t15-/m1/s1. The molecule has 134 valence electrons. The van der Waals surface area contributed by atoms with Crippen molar-refractivity contribution < 1.29 is 14.3 Å². The molecule has 4 nitrogen and oxygen atoms in total. The van der Waals surface area contributed by atoms with Gasteiger partial charge >= 0.3 is 0 Å². The molecular formula is C21H20ClNO3. The highest BCUT2D eigenvalue weighted by atomic mass is 35.5. The molecule has 1 N–H and O–H groups in total. The minimum Gasteiger partial charge on any atom is -0.492 e. The lowest BCUT2D eigenvalue weighted by atomic mass is 10.1. The molecule has 0 heterocycles. The van der Waals surface area contributed by atoms with Crippen LogP contribution >= 0.6 is 11.6 Å². The Morgan fingerprint density at radius 2 is 1.69 bits per heavy atom. The van der Waals surface area contributed by atoms with Crippen molar-refractivity contribution in [3.63, 3.8) is 0 Å². The zero-order valence-corrected chi connectivity index (χ0v) is 15.2. The maximum atomic E-state index is 12.2. The van der Waals surface area contributed by atoms with E-state index in [0.29, 0.717) is 29.7 Å². The lowest BCUT2D eigenvalue weighted by Gasteiger charge is -2.15. The van der Waals surface area contributed by atoms with E-state index in [-0.39, 0.29) is 5.91 Å². The third-order valence-corrected chi connectivity index (χ3v) is 4.14. The van der Waals surface area contributed by atoms with E-state index in [4.69, 9.17) is 21.1 Å². The molecule has 26 heavy (non-hydrogen) atoms. The Kier molecular flexibility index (Phi) is 5.97. The minimum absolute atomic E-state index is 0.183. The number of ether oxygens (including phenoxy) is 2. The van der Waals surface area contributed by atoms with Gasteiger partial charge in [-0.25, -0.2) is 0 Å². The van der Waals surface area contributed by atoms with Crippen LogP contribution in [0.5, 0.6) is 11.5 Å². The first-order chi connectivity index (χ1) is 12.6. The summed E-state index contributed by atoms with van der Waals surface area (Å²) in [5.74, 6) is 1.20. The van der Waals surface area contributed by atoms with Crippen molar-refractivity contribution in [2.75, 3.05) is 13.2 Å². The number of carbonyl (C=O) groups excluding carboxylic acids is 1. The summed E-state index contributed by atoms with van der Waals surface area (Å²) >= 11 is 5.82. The Balaban J connectivity index is 1.45. The summed E-state index contributed by atoms with van der Waals surface area (Å²) < 4.78 is 11.3. The Labute approximate surface area is 157 Å². The summed E-state index contributed by atoms with van der Waals surface area (Å²) in [4.78, 5) is 12.2. The average Bonchev–Trinajstić information content (AvgIpc) is 2.66. The Morgan fingerprint density at radius 3 is 2.46 bits per heavy atom. The Morgan fingerprint density at radius 1 is 1.00 bits per heavy atom. The molecule has 0 aromatic heterocycles. The summed E-state index contributed by atoms with van der Waals surface area (Å²) in [6.07, 6.45) is -0.591. The van der Waals surface area contributed by atoms with Gasteiger partial charge in [0.25, 0.3) is 5.91 Å². The number of hydrogen-bond donors (Lipinski definition) is 1. The van der Waals surface area contributed by atoms with E-state index in [9.17, 15) is 4.79 Å². The van der Waals surface area contributed by atoms with Gasteiger partial charge in [0, 0.05) is 5.02 Å². The predicted molar refractivity (Wildman–Crippen MR) is 104 cm³/mol. The monoisotopic (exact) mass is 369 g/mol. The van der Waals surface area contributed by atoms with Crippen LogP contribution in [0.25, 0.3) is 10.8 Å². The molecular weight excluding hydrogens is 350 g/mol. The molecule has 0 aliphatic rings. The van der Waals surface area contributed by atoms with Crippen molar-refractivity contribution >= 4 is 28.3 Å². The number of halogens is 1. The van der Waals surface area contributed by atoms with Gasteiger partial charge in [0.2, 0.25) is 0 Å². The normalized spacial score (nSPS) is 11.8. The molecule has 3 aromatic carbocycles. The zero-order valence-electron chi connectivity index (χ0n) is 14.4. The van der Waals surface area contributed by atoms with Crippen LogP contribution in [0.4, 0.5) is 0 Å². The first-order valence-electron chi connectivity index (χ1n) is 8.43. The van der Waals surface area contributed by atoms with E-state index < -0.39 is 6.10 Å². The van der Waals surface area contributed by atoms with Crippen molar-refractivity contribution in [2.45, 2.75) is 13.0 Å². The van der Waals surface area contributed by atoms with Gasteiger partial charge in [0.15, 0.2) is 6.10 Å². The maximum Gasteiger partial charge on any atom is 0.260 e. The van der Waals surface area contributed by atoms with E-state index in [1.807, 2.05) is 42.5 Å². The quantitative estimate of drug-likeness (QED) is 0.626. The fourth-order valence-corrected chi connectivity index (χ4v) is 2.64. The number of fused-ring (bicyclic) bond motifs is 1. The SMILES string of the molecule is C[C@@H](Oc1ccc2ccccc2c1)C(=O)NCCOc1ccc(Cl)cc1. The molecule has 0 saturated heterocycles. The molecule has 3 aromatic rings. The van der Waals surface area contributed by atoms with Crippen LogP contribution < -0.4 is 14.8 Å². The van der Waals surface area contributed by atoms with Crippen LogP contribution in [0, 0.1) is 0 Å². The van der Waals surface area contributed by atoms with Crippen LogP contribution in [0.15, 0.2) is 66.7 Å². The van der Waals surface area contributed by atoms with Crippen LogP contribution in [-0.2, 0) is 4.79 Å². The highest BCUT2D eigenvalue weighted by molar-refractivity contribution is 6.30. The summed E-state index contributed by atoms with van der Waals surface area (Å²) in [5.41, 5.74) is 0. The summed E-state index contributed by atoms with van der Waals surface area (Å²) in [6, 6.07) is 20.9. The predicted octanol–water partition coefficient (Wildman–Crippen LogP) is 4.46. The fraction of sp³-hybridized carbons (Fsp3) is 0.190. The van der Waals surface area contributed by atoms with E-state index in [0.717, 1.165) is 10.8 Å². The van der Waals surface area contributed by atoms with Crippen molar-refractivity contribution in [3.8, 4) is 11.5 Å². The molecule has 5 heteroatoms. The molecule has 1 atom stereocenters. The average molecular weight is 370 g/mol. The van der Waals surface area contributed by atoms with Crippen molar-refractivity contribution in [2.24, 2.45) is 0 Å². The molecule has 0 aliphatic heterocycles. The second-order valence-electron chi connectivity index (χ2n) is 5.86. The number of amides is 1. The first kappa shape index (κ1) is 18.1. The van der Waals surface area contributed by atoms with Crippen LogP contribution in [0.1, 0.15) is 6.92 Å². The van der Waals surface area contributed by atoms with Gasteiger partial charge in [0.1, 0.15) is 18.1 Å². The topological polar surface area (TPSA) is 47.6 Å². The number of benzene rings is 3. The molecule has 0 unspecified atom stereocenters. The van der Waals surface area contributed by atoms with Gasteiger partial charge in [0.05, 0.1) is 6.54 Å². The number of rotatable bonds is 7. The van der Waals surface area contributed by atoms with E-state index >= 15 is 0 Å². The van der Waals surface area contributed by atoms with Gasteiger partial charge in [-0.05, 0) is 54.1 Å². The van der Waals surface area contributed by atoms with Gasteiger partial charge < -0.3 is 14.8 Å². The van der Waals surface area contributed by atoms with Gasteiger partial charge in [-0.3, -0.25) is 4.79 Å². The van der Waals surface area contributed by atoms with Gasteiger partial charge in [-0.1, -0.05) is 41.9 Å². The molecule has 0 saturated carbocycles. The van der Waals surface area contributed by atoms with Crippen molar-refractivity contribution in [3.05, 3.63) is 71.8 Å². The first-order valence-corrected chi connectivity index (χ1v) is 8.81. The largest absolute Gasteiger partial charge is 0.492 e. The molecule has 0 spiro atoms. The zero-order chi connectivity index (χ0) is 18.4. The summed E-state index contributed by atoms with van der Waals surface area (Å²) in [7, 11) is 0. The second kappa shape index (κ2) is 8.59. The molecule has 0 bridgehead atoms. The Bertz CT molecular complexity index is 880. The second-order valence-corrected chi connectivity index (χ2v) is 6.30. The Hall–Kier alpha value is -2.72. The molecule has 0 aliphatic carbocycles. The van der Waals surface area contributed by atoms with E-state index in [1.165, 1.54) is 0 Å².